The summed E-state index contributed by atoms with van der Waals surface area (Å²) in [6.07, 6.45) is 0.200. The molecule has 9 nitrogen and oxygen atoms in total. The predicted molar refractivity (Wildman–Crippen MR) is 103 cm³/mol. The van der Waals surface area contributed by atoms with Crippen LogP contribution in [0.4, 0.5) is 18.9 Å². The number of aromatic nitrogens is 1. The van der Waals surface area contributed by atoms with E-state index in [1.807, 2.05) is 18.7 Å². The summed E-state index contributed by atoms with van der Waals surface area (Å²) in [5.74, 6) is -2.97. The lowest BCUT2D eigenvalue weighted by atomic mass is 9.87. The van der Waals surface area contributed by atoms with Crippen LogP contribution in [0.5, 0.6) is 0 Å². The molecular weight excluding hydrogens is 421 g/mol. The number of aliphatic carboxylic acids is 1. The van der Waals surface area contributed by atoms with Crippen LogP contribution in [0.2, 0.25) is 0 Å². The van der Waals surface area contributed by atoms with E-state index in [0.29, 0.717) is 24.4 Å². The minimum absolute atomic E-state index is 0.0455. The van der Waals surface area contributed by atoms with Gasteiger partial charge in [-0.1, -0.05) is 19.0 Å². The highest BCUT2D eigenvalue weighted by Gasteiger charge is 2.45. The van der Waals surface area contributed by atoms with Crippen LogP contribution in [-0.2, 0) is 19.2 Å². The zero-order chi connectivity index (χ0) is 23.2. The van der Waals surface area contributed by atoms with E-state index in [-0.39, 0.29) is 17.7 Å². The fourth-order valence-corrected chi connectivity index (χ4v) is 3.15. The van der Waals surface area contributed by atoms with Gasteiger partial charge < -0.3 is 20.2 Å². The van der Waals surface area contributed by atoms with Gasteiger partial charge in [-0.05, 0) is 25.0 Å². The summed E-state index contributed by atoms with van der Waals surface area (Å²) in [5.41, 5.74) is 0.411. The van der Waals surface area contributed by atoms with Gasteiger partial charge in [-0.3, -0.25) is 14.6 Å². The Kier molecular flexibility index (Phi) is 7.58. The number of halogens is 3. The normalized spacial score (nSPS) is 20.5. The Morgan fingerprint density at radius 1 is 1.32 bits per heavy atom. The number of piperidine rings is 1. The van der Waals surface area contributed by atoms with E-state index in [1.165, 1.54) is 0 Å². The molecule has 170 valence electrons. The topological polar surface area (TPSA) is 121 Å². The average Bonchev–Trinajstić information content (AvgIpc) is 3.11. The first-order chi connectivity index (χ1) is 14.4. The molecule has 1 fully saturated rings. The van der Waals surface area contributed by atoms with Gasteiger partial charge >= 0.3 is 12.1 Å². The monoisotopic (exact) mass is 444 g/mol. The van der Waals surface area contributed by atoms with E-state index < -0.39 is 17.7 Å². The Morgan fingerprint density at radius 3 is 2.55 bits per heavy atom. The lowest BCUT2D eigenvalue weighted by molar-refractivity contribution is -0.192. The van der Waals surface area contributed by atoms with Crippen molar-refractivity contribution in [3.8, 4) is 0 Å². The quantitative estimate of drug-likeness (QED) is 0.739. The Hall–Kier alpha value is -3.18. The summed E-state index contributed by atoms with van der Waals surface area (Å²) in [4.78, 5) is 44.9. The van der Waals surface area contributed by atoms with Crippen molar-refractivity contribution in [2.75, 3.05) is 18.4 Å². The third kappa shape index (κ3) is 6.66. The molecular formula is C19H23F3N4O5. The van der Waals surface area contributed by atoms with Gasteiger partial charge in [0.05, 0.1) is 18.4 Å². The maximum Gasteiger partial charge on any atom is 0.490 e. The molecule has 1 unspecified atom stereocenters. The van der Waals surface area contributed by atoms with Crippen molar-refractivity contribution >= 4 is 29.2 Å². The standard InChI is InChI=1S/C17H22N4O3.C2HF3O2/c1-12(2)16(23)21-8-4-6-17(11-21)9-14(20-24-17)15(22)19-13-5-3-7-18-10-13;3-2(4,5)1(6)7/h3,5,7,10,12H,4,6,8-9,11H2,1-2H3,(H,19,22);(H,6,7). The maximum atomic E-state index is 12.3. The average molecular weight is 444 g/mol. The van der Waals surface area contributed by atoms with Crippen LogP contribution in [0, 0.1) is 5.92 Å². The number of rotatable bonds is 3. The van der Waals surface area contributed by atoms with Crippen molar-refractivity contribution in [2.24, 2.45) is 11.1 Å². The minimum Gasteiger partial charge on any atom is -0.475 e. The van der Waals surface area contributed by atoms with Crippen LogP contribution in [0.3, 0.4) is 0 Å². The molecule has 2 N–H and O–H groups in total. The molecule has 31 heavy (non-hydrogen) atoms. The zero-order valence-electron chi connectivity index (χ0n) is 17.0. The molecule has 2 aliphatic heterocycles. The number of carboxylic acid groups (broad SMARTS) is 1. The summed E-state index contributed by atoms with van der Waals surface area (Å²) < 4.78 is 31.7. The number of nitrogens with zero attached hydrogens (tertiary/aromatic N) is 3. The molecule has 0 radical (unpaired) electrons. The van der Waals surface area contributed by atoms with Gasteiger partial charge in [0.2, 0.25) is 5.91 Å². The van der Waals surface area contributed by atoms with Crippen LogP contribution in [0.15, 0.2) is 29.7 Å². The van der Waals surface area contributed by atoms with Crippen molar-refractivity contribution < 1.29 is 37.5 Å². The number of oxime groups is 1. The van der Waals surface area contributed by atoms with Crippen molar-refractivity contribution in [3.05, 3.63) is 24.5 Å². The van der Waals surface area contributed by atoms with Crippen LogP contribution in [0.25, 0.3) is 0 Å². The Balaban J connectivity index is 0.000000423. The molecule has 3 rings (SSSR count). The Labute approximate surface area is 176 Å². The number of hydrogen-bond donors (Lipinski definition) is 2. The van der Waals surface area contributed by atoms with Gasteiger partial charge in [0.25, 0.3) is 5.91 Å². The molecule has 0 aliphatic carbocycles. The molecule has 3 heterocycles. The van der Waals surface area contributed by atoms with Gasteiger partial charge in [0.1, 0.15) is 5.71 Å². The first kappa shape index (κ1) is 24.1. The Bertz CT molecular complexity index is 845. The largest absolute Gasteiger partial charge is 0.490 e. The van der Waals surface area contributed by atoms with Crippen LogP contribution < -0.4 is 5.32 Å². The molecule has 0 aromatic carbocycles. The zero-order valence-corrected chi connectivity index (χ0v) is 17.0. The number of anilines is 1. The molecule has 0 bridgehead atoms. The highest BCUT2D eigenvalue weighted by atomic mass is 19.4. The number of pyridine rings is 1. The van der Waals surface area contributed by atoms with Gasteiger partial charge in [-0.15, -0.1) is 0 Å². The van der Waals surface area contributed by atoms with Crippen molar-refractivity contribution in [3.63, 3.8) is 0 Å². The number of alkyl halides is 3. The third-order valence-electron chi connectivity index (χ3n) is 4.61. The molecule has 12 heteroatoms. The lowest BCUT2D eigenvalue weighted by Gasteiger charge is -2.38. The summed E-state index contributed by atoms with van der Waals surface area (Å²) in [6.45, 7) is 5.00. The van der Waals surface area contributed by atoms with Gasteiger partial charge in [0, 0.05) is 25.1 Å². The molecule has 0 saturated carbocycles. The van der Waals surface area contributed by atoms with Crippen LogP contribution in [0.1, 0.15) is 33.1 Å². The Morgan fingerprint density at radius 2 is 2.00 bits per heavy atom. The fraction of sp³-hybridized carbons (Fsp3) is 0.526. The summed E-state index contributed by atoms with van der Waals surface area (Å²) in [5, 5.41) is 13.9. The number of nitrogens with one attached hydrogen (secondary N) is 1. The molecule has 1 saturated heterocycles. The first-order valence-corrected chi connectivity index (χ1v) is 9.49. The molecule has 2 amide bonds. The van der Waals surface area contributed by atoms with E-state index in [9.17, 15) is 22.8 Å². The first-order valence-electron chi connectivity index (χ1n) is 9.49. The third-order valence-corrected chi connectivity index (χ3v) is 4.61. The van der Waals surface area contributed by atoms with E-state index in [2.05, 4.69) is 15.5 Å². The molecule has 1 aromatic heterocycles. The second-order valence-electron chi connectivity index (χ2n) is 7.51. The molecule has 1 spiro atoms. The number of carbonyl (C=O) groups is 3. The van der Waals surface area contributed by atoms with Crippen molar-refractivity contribution in [2.45, 2.75) is 44.9 Å². The van der Waals surface area contributed by atoms with E-state index >= 15 is 0 Å². The number of likely N-dealkylation sites (tertiary alicyclic amines) is 1. The van der Waals surface area contributed by atoms with Crippen LogP contribution >= 0.6 is 0 Å². The van der Waals surface area contributed by atoms with Gasteiger partial charge in [0.15, 0.2) is 5.60 Å². The number of hydrogen-bond acceptors (Lipinski definition) is 6. The van der Waals surface area contributed by atoms with E-state index in [1.54, 1.807) is 24.5 Å². The number of amides is 2. The van der Waals surface area contributed by atoms with Crippen LogP contribution in [-0.4, -0.2) is 63.4 Å². The fourth-order valence-electron chi connectivity index (χ4n) is 3.15. The molecule has 1 aromatic rings. The van der Waals surface area contributed by atoms with E-state index in [4.69, 9.17) is 14.7 Å². The summed E-state index contributed by atoms with van der Waals surface area (Å²) in [6, 6.07) is 3.52. The second kappa shape index (κ2) is 9.75. The maximum absolute atomic E-state index is 12.3. The number of carbonyl (C=O) groups excluding carboxylic acids is 2. The summed E-state index contributed by atoms with van der Waals surface area (Å²) in [7, 11) is 0. The second-order valence-corrected chi connectivity index (χ2v) is 7.51. The number of carboxylic acids is 1. The van der Waals surface area contributed by atoms with Gasteiger partial charge in [-0.2, -0.15) is 13.2 Å². The molecule has 2 aliphatic rings. The predicted octanol–water partition coefficient (Wildman–Crippen LogP) is 2.45. The SMILES string of the molecule is CC(C)C(=O)N1CCCC2(CC(C(=O)Nc3cccnc3)=NO2)C1.O=C(O)C(F)(F)F. The highest BCUT2D eigenvalue weighted by Crippen LogP contribution is 2.34. The smallest absolute Gasteiger partial charge is 0.475 e. The minimum atomic E-state index is -5.08. The summed E-state index contributed by atoms with van der Waals surface area (Å²) >= 11 is 0. The molecule has 1 atom stereocenters. The van der Waals surface area contributed by atoms with Crippen molar-refractivity contribution in [1.82, 2.24) is 9.88 Å². The van der Waals surface area contributed by atoms with Gasteiger partial charge in [-0.25, -0.2) is 4.79 Å². The van der Waals surface area contributed by atoms with E-state index in [0.717, 1.165) is 19.4 Å². The lowest BCUT2D eigenvalue weighted by Crippen LogP contribution is -2.51. The van der Waals surface area contributed by atoms with Crippen molar-refractivity contribution in [1.29, 1.82) is 0 Å². The highest BCUT2D eigenvalue weighted by molar-refractivity contribution is 6.43.